The second-order valence-electron chi connectivity index (χ2n) is 4.20. The largest absolute Gasteiger partial charge is 0.459 e. The van der Waals surface area contributed by atoms with E-state index in [1.807, 2.05) is 0 Å². The van der Waals surface area contributed by atoms with Gasteiger partial charge in [0.2, 0.25) is 5.91 Å². The number of hydrogen-bond donors (Lipinski definition) is 1. The molecular weight excluding hydrogens is 278 g/mol. The Hall–Kier alpha value is -1.76. The number of amides is 1. The fraction of sp³-hybridized carbons (Fsp3) is 0.462. The number of carbonyl (C=O) groups excluding carboxylic acids is 1. The molecular formula is C13H17N3O3S. The minimum absolute atomic E-state index is 0.0242. The molecule has 1 amide bonds. The topological polar surface area (TPSA) is 81.2 Å². The summed E-state index contributed by atoms with van der Waals surface area (Å²) >= 11 is 1.22. The van der Waals surface area contributed by atoms with E-state index in [1.54, 1.807) is 12.1 Å². The van der Waals surface area contributed by atoms with E-state index in [4.69, 9.17) is 8.83 Å². The van der Waals surface area contributed by atoms with Gasteiger partial charge in [0.25, 0.3) is 11.1 Å². The fourth-order valence-corrected chi connectivity index (χ4v) is 2.14. The molecule has 0 aromatic carbocycles. The van der Waals surface area contributed by atoms with Gasteiger partial charge in [-0.05, 0) is 18.6 Å². The zero-order chi connectivity index (χ0) is 14.2. The van der Waals surface area contributed by atoms with Crippen molar-refractivity contribution in [3.05, 3.63) is 18.4 Å². The molecule has 2 aromatic rings. The van der Waals surface area contributed by atoms with Crippen LogP contribution in [0.3, 0.4) is 0 Å². The Balaban J connectivity index is 1.73. The summed E-state index contributed by atoms with van der Waals surface area (Å²) in [6, 6.07) is 3.48. The number of aromatic nitrogens is 2. The van der Waals surface area contributed by atoms with Crippen molar-refractivity contribution in [3.63, 3.8) is 0 Å². The first-order chi connectivity index (χ1) is 9.79. The summed E-state index contributed by atoms with van der Waals surface area (Å²) in [6.45, 7) is 2.85. The maximum Gasteiger partial charge on any atom is 0.284 e. The van der Waals surface area contributed by atoms with Crippen LogP contribution in [-0.4, -0.2) is 28.4 Å². The Morgan fingerprint density at radius 1 is 1.40 bits per heavy atom. The number of nitrogens with zero attached hydrogens (tertiary/aromatic N) is 2. The predicted octanol–water partition coefficient (Wildman–Crippen LogP) is 2.73. The lowest BCUT2D eigenvalue weighted by Gasteiger charge is -2.02. The van der Waals surface area contributed by atoms with Gasteiger partial charge < -0.3 is 14.2 Å². The van der Waals surface area contributed by atoms with Gasteiger partial charge in [0.05, 0.1) is 12.0 Å². The van der Waals surface area contributed by atoms with E-state index in [0.29, 0.717) is 23.4 Å². The fourth-order valence-electron chi connectivity index (χ4n) is 1.55. The van der Waals surface area contributed by atoms with Crippen LogP contribution in [0, 0.1) is 0 Å². The highest BCUT2D eigenvalue weighted by molar-refractivity contribution is 7.99. The van der Waals surface area contributed by atoms with Crippen LogP contribution < -0.4 is 5.32 Å². The molecule has 1 N–H and O–H groups in total. The van der Waals surface area contributed by atoms with Gasteiger partial charge in [0, 0.05) is 6.54 Å². The van der Waals surface area contributed by atoms with E-state index in [-0.39, 0.29) is 11.7 Å². The summed E-state index contributed by atoms with van der Waals surface area (Å²) in [4.78, 5) is 11.6. The van der Waals surface area contributed by atoms with E-state index in [1.165, 1.54) is 18.0 Å². The lowest BCUT2D eigenvalue weighted by molar-refractivity contribution is -0.118. The molecule has 0 atom stereocenters. The molecule has 0 radical (unpaired) electrons. The number of rotatable bonds is 8. The first kappa shape index (κ1) is 14.6. The number of nitrogens with one attached hydrogen (secondary N) is 1. The van der Waals surface area contributed by atoms with E-state index < -0.39 is 0 Å². The summed E-state index contributed by atoms with van der Waals surface area (Å²) in [6.07, 6.45) is 4.82. The molecule has 0 aliphatic rings. The normalized spacial score (nSPS) is 10.7. The standard InChI is InChI=1S/C13H17N3O3S/c1-2-3-4-7-14-11(17)9-20-13-16-15-12(19-13)10-6-5-8-18-10/h5-6,8H,2-4,7,9H2,1H3,(H,14,17). The van der Waals surface area contributed by atoms with Crippen molar-refractivity contribution in [2.45, 2.75) is 31.4 Å². The molecule has 2 aromatic heterocycles. The molecule has 0 unspecified atom stereocenters. The minimum Gasteiger partial charge on any atom is -0.459 e. The van der Waals surface area contributed by atoms with Crippen molar-refractivity contribution in [3.8, 4) is 11.7 Å². The first-order valence-corrected chi connectivity index (χ1v) is 7.55. The highest BCUT2D eigenvalue weighted by Gasteiger charge is 2.12. The average molecular weight is 295 g/mol. The van der Waals surface area contributed by atoms with E-state index in [2.05, 4.69) is 22.4 Å². The molecule has 20 heavy (non-hydrogen) atoms. The zero-order valence-corrected chi connectivity index (χ0v) is 12.1. The summed E-state index contributed by atoms with van der Waals surface area (Å²) in [5.41, 5.74) is 0. The van der Waals surface area contributed by atoms with E-state index in [9.17, 15) is 4.79 Å². The van der Waals surface area contributed by atoms with Crippen LogP contribution in [0.1, 0.15) is 26.2 Å². The minimum atomic E-state index is -0.0242. The number of carbonyl (C=O) groups is 1. The van der Waals surface area contributed by atoms with Crippen LogP contribution >= 0.6 is 11.8 Å². The quantitative estimate of drug-likeness (QED) is 0.595. The van der Waals surface area contributed by atoms with Crippen molar-refractivity contribution in [1.29, 1.82) is 0 Å². The summed E-state index contributed by atoms with van der Waals surface area (Å²) < 4.78 is 10.5. The molecule has 108 valence electrons. The molecule has 7 heteroatoms. The van der Waals surface area contributed by atoms with Crippen molar-refractivity contribution < 1.29 is 13.6 Å². The molecule has 0 spiro atoms. The van der Waals surface area contributed by atoms with Crippen molar-refractivity contribution in [2.75, 3.05) is 12.3 Å². The van der Waals surface area contributed by atoms with Crippen LogP contribution in [0.15, 0.2) is 32.5 Å². The average Bonchev–Trinajstić information content (AvgIpc) is 3.11. The van der Waals surface area contributed by atoms with Crippen LogP contribution in [0.2, 0.25) is 0 Å². The Morgan fingerprint density at radius 3 is 3.05 bits per heavy atom. The molecule has 0 saturated carbocycles. The molecule has 0 aliphatic carbocycles. The van der Waals surface area contributed by atoms with E-state index in [0.717, 1.165) is 19.3 Å². The second-order valence-corrected chi connectivity index (χ2v) is 5.12. The molecule has 0 aliphatic heterocycles. The monoisotopic (exact) mass is 295 g/mol. The third-order valence-corrected chi connectivity index (χ3v) is 3.39. The number of furan rings is 1. The van der Waals surface area contributed by atoms with Gasteiger partial charge in [-0.15, -0.1) is 10.2 Å². The van der Waals surface area contributed by atoms with Gasteiger partial charge in [-0.3, -0.25) is 4.79 Å². The highest BCUT2D eigenvalue weighted by Crippen LogP contribution is 2.22. The van der Waals surface area contributed by atoms with Gasteiger partial charge in [-0.2, -0.15) is 0 Å². The lowest BCUT2D eigenvalue weighted by atomic mass is 10.2. The van der Waals surface area contributed by atoms with Crippen molar-refractivity contribution in [2.24, 2.45) is 0 Å². The van der Waals surface area contributed by atoms with Crippen molar-refractivity contribution in [1.82, 2.24) is 15.5 Å². The molecule has 0 fully saturated rings. The van der Waals surface area contributed by atoms with Gasteiger partial charge >= 0.3 is 0 Å². The molecule has 0 saturated heterocycles. The molecule has 2 heterocycles. The Morgan fingerprint density at radius 2 is 2.30 bits per heavy atom. The SMILES string of the molecule is CCCCCNC(=O)CSc1nnc(-c2ccco2)o1. The molecule has 2 rings (SSSR count). The van der Waals surface area contributed by atoms with Crippen LogP contribution in [0.5, 0.6) is 0 Å². The van der Waals surface area contributed by atoms with Gasteiger partial charge in [-0.1, -0.05) is 31.5 Å². The lowest BCUT2D eigenvalue weighted by Crippen LogP contribution is -2.26. The first-order valence-electron chi connectivity index (χ1n) is 6.56. The van der Waals surface area contributed by atoms with Gasteiger partial charge in [0.15, 0.2) is 5.76 Å². The van der Waals surface area contributed by atoms with E-state index >= 15 is 0 Å². The maximum absolute atomic E-state index is 11.6. The Bertz CT molecular complexity index is 525. The summed E-state index contributed by atoms with van der Waals surface area (Å²) in [5.74, 6) is 1.09. The second kappa shape index (κ2) is 7.74. The number of hydrogen-bond acceptors (Lipinski definition) is 6. The van der Waals surface area contributed by atoms with Gasteiger partial charge in [0.1, 0.15) is 0 Å². The third-order valence-electron chi connectivity index (χ3n) is 2.57. The van der Waals surface area contributed by atoms with Crippen molar-refractivity contribution >= 4 is 17.7 Å². The Labute approximate surface area is 121 Å². The van der Waals surface area contributed by atoms with Gasteiger partial charge in [-0.25, -0.2) is 0 Å². The summed E-state index contributed by atoms with van der Waals surface area (Å²) in [5, 5.41) is 10.9. The maximum atomic E-state index is 11.6. The molecule has 0 bridgehead atoms. The van der Waals surface area contributed by atoms with Crippen LogP contribution in [0.25, 0.3) is 11.7 Å². The Kier molecular flexibility index (Phi) is 5.67. The third kappa shape index (κ3) is 4.41. The number of thioether (sulfide) groups is 1. The summed E-state index contributed by atoms with van der Waals surface area (Å²) in [7, 11) is 0. The predicted molar refractivity (Wildman–Crippen MR) is 75.3 cm³/mol. The zero-order valence-electron chi connectivity index (χ0n) is 11.3. The molecule has 6 nitrogen and oxygen atoms in total. The number of unbranched alkanes of at least 4 members (excludes halogenated alkanes) is 2. The van der Waals surface area contributed by atoms with Crippen LogP contribution in [0.4, 0.5) is 0 Å². The smallest absolute Gasteiger partial charge is 0.284 e. The highest BCUT2D eigenvalue weighted by atomic mass is 32.2. The van der Waals surface area contributed by atoms with Crippen LogP contribution in [-0.2, 0) is 4.79 Å².